The average molecular weight is 477 g/mol. The molecule has 0 bridgehead atoms. The molecule has 2 aromatic heterocycles. The molecule has 2 aromatic carbocycles. The van der Waals surface area contributed by atoms with Crippen molar-refractivity contribution < 1.29 is 9.47 Å². The predicted molar refractivity (Wildman–Crippen MR) is 132 cm³/mol. The van der Waals surface area contributed by atoms with E-state index in [0.29, 0.717) is 34.8 Å². The van der Waals surface area contributed by atoms with Gasteiger partial charge in [-0.05, 0) is 36.4 Å². The van der Waals surface area contributed by atoms with Crippen molar-refractivity contribution in [2.45, 2.75) is 0 Å². The number of ether oxygens (including phenoxy) is 2. The van der Waals surface area contributed by atoms with Gasteiger partial charge in [-0.15, -0.1) is 12.4 Å². The van der Waals surface area contributed by atoms with Gasteiger partial charge in [-0.1, -0.05) is 12.1 Å². The first-order valence-corrected chi connectivity index (χ1v) is 9.86. The topological polar surface area (TPSA) is 130 Å². The fraction of sp³-hybridized carbons (Fsp3) is 0.0870. The summed E-state index contributed by atoms with van der Waals surface area (Å²) in [5.41, 5.74) is 2.44. The van der Waals surface area contributed by atoms with Gasteiger partial charge in [-0.25, -0.2) is 4.98 Å². The molecule has 4 rings (SSSR count). The Hall–Kier alpha value is -4.62. The summed E-state index contributed by atoms with van der Waals surface area (Å²) < 4.78 is 10.6. The second-order valence-corrected chi connectivity index (χ2v) is 6.69. The highest BCUT2D eigenvalue weighted by Crippen LogP contribution is 2.24. The number of hydrogen-bond acceptors (Lipinski definition) is 10. The van der Waals surface area contributed by atoms with Gasteiger partial charge in [0.15, 0.2) is 0 Å². The molecule has 0 atom stereocenters. The van der Waals surface area contributed by atoms with E-state index in [9.17, 15) is 0 Å². The highest BCUT2D eigenvalue weighted by atomic mass is 35.5. The van der Waals surface area contributed by atoms with Gasteiger partial charge in [0.2, 0.25) is 17.8 Å². The first-order chi connectivity index (χ1) is 16.1. The minimum absolute atomic E-state index is 0. The van der Waals surface area contributed by atoms with Crippen LogP contribution in [-0.2, 0) is 0 Å². The van der Waals surface area contributed by atoms with E-state index in [1.807, 2.05) is 54.6 Å². The number of nitrogens with one attached hydrogen (secondary N) is 3. The monoisotopic (exact) mass is 476 g/mol. The van der Waals surface area contributed by atoms with Crippen LogP contribution in [0.25, 0.3) is 0 Å². The lowest BCUT2D eigenvalue weighted by atomic mass is 10.3. The number of halogens is 1. The van der Waals surface area contributed by atoms with E-state index in [4.69, 9.17) is 14.7 Å². The van der Waals surface area contributed by atoms with Crippen LogP contribution in [-0.4, -0.2) is 34.2 Å². The standard InChI is InChI=1S/C23H20N8O2.ClH/c1-32-19-7-3-5-15(11-19)26-21-29-22(27-16-6-4-8-20(12-16)33-2)31-23(30-21)28-18-10-9-17(13-24)25-14-18;/h3-12,14H,1-2H3,(H3,26,27,28,29,30,31);1H. The Bertz CT molecular complexity index is 1230. The Morgan fingerprint density at radius 2 is 1.21 bits per heavy atom. The van der Waals surface area contributed by atoms with Gasteiger partial charge < -0.3 is 25.4 Å². The van der Waals surface area contributed by atoms with Crippen molar-refractivity contribution in [2.24, 2.45) is 0 Å². The van der Waals surface area contributed by atoms with Crippen LogP contribution in [0.5, 0.6) is 11.5 Å². The van der Waals surface area contributed by atoms with Crippen LogP contribution in [0.15, 0.2) is 66.9 Å². The average Bonchev–Trinajstić information content (AvgIpc) is 2.84. The number of hydrogen-bond donors (Lipinski definition) is 3. The van der Waals surface area contributed by atoms with E-state index in [-0.39, 0.29) is 18.4 Å². The molecule has 3 N–H and O–H groups in total. The fourth-order valence-electron chi connectivity index (χ4n) is 2.87. The lowest BCUT2D eigenvalue weighted by Crippen LogP contribution is -2.07. The summed E-state index contributed by atoms with van der Waals surface area (Å²) in [6, 6.07) is 20.1. The van der Waals surface area contributed by atoms with E-state index < -0.39 is 0 Å². The van der Waals surface area contributed by atoms with Crippen molar-refractivity contribution in [3.8, 4) is 17.6 Å². The molecule has 172 valence electrons. The molecule has 0 saturated heterocycles. The van der Waals surface area contributed by atoms with Gasteiger partial charge in [0, 0.05) is 23.5 Å². The number of pyridine rings is 1. The van der Waals surface area contributed by atoms with Crippen LogP contribution in [0.1, 0.15) is 5.69 Å². The minimum Gasteiger partial charge on any atom is -0.497 e. The SMILES string of the molecule is COc1cccc(Nc2nc(Nc3ccc(C#N)nc3)nc(Nc3cccc(OC)c3)n2)c1.Cl. The zero-order chi connectivity index (χ0) is 23.0. The van der Waals surface area contributed by atoms with Gasteiger partial charge in [-0.3, -0.25) is 0 Å². The Labute approximate surface area is 202 Å². The fourth-order valence-corrected chi connectivity index (χ4v) is 2.87. The molecular formula is C23H21ClN8O2. The molecule has 10 nitrogen and oxygen atoms in total. The van der Waals surface area contributed by atoms with Gasteiger partial charge in [0.25, 0.3) is 0 Å². The van der Waals surface area contributed by atoms with Crippen LogP contribution in [0.2, 0.25) is 0 Å². The first-order valence-electron chi connectivity index (χ1n) is 9.86. The Morgan fingerprint density at radius 3 is 1.62 bits per heavy atom. The molecule has 0 saturated carbocycles. The van der Waals surface area contributed by atoms with Crippen LogP contribution in [0.4, 0.5) is 34.9 Å². The lowest BCUT2D eigenvalue weighted by molar-refractivity contribution is 0.415. The van der Waals surface area contributed by atoms with Crippen molar-refractivity contribution in [1.29, 1.82) is 5.26 Å². The lowest BCUT2D eigenvalue weighted by Gasteiger charge is -2.12. The van der Waals surface area contributed by atoms with Crippen molar-refractivity contribution in [3.05, 3.63) is 72.6 Å². The largest absolute Gasteiger partial charge is 0.497 e. The molecule has 0 aliphatic carbocycles. The van der Waals surface area contributed by atoms with Crippen LogP contribution < -0.4 is 25.4 Å². The first kappa shape index (κ1) is 24.0. The smallest absolute Gasteiger partial charge is 0.233 e. The van der Waals surface area contributed by atoms with E-state index in [1.165, 1.54) is 6.20 Å². The number of nitriles is 1. The molecule has 0 spiro atoms. The summed E-state index contributed by atoms with van der Waals surface area (Å²) in [5, 5.41) is 18.4. The number of methoxy groups -OCH3 is 2. The molecular weight excluding hydrogens is 456 g/mol. The summed E-state index contributed by atoms with van der Waals surface area (Å²) in [6.45, 7) is 0. The Balaban J connectivity index is 0.00000324. The van der Waals surface area contributed by atoms with Gasteiger partial charge in [-0.2, -0.15) is 20.2 Å². The molecule has 0 radical (unpaired) electrons. The van der Waals surface area contributed by atoms with E-state index in [0.717, 1.165) is 11.4 Å². The summed E-state index contributed by atoms with van der Waals surface area (Å²) in [5.74, 6) is 2.31. The maximum atomic E-state index is 8.95. The van der Waals surface area contributed by atoms with Gasteiger partial charge >= 0.3 is 0 Å². The number of nitrogens with zero attached hydrogens (tertiary/aromatic N) is 5. The summed E-state index contributed by atoms with van der Waals surface area (Å²) in [6.07, 6.45) is 1.53. The zero-order valence-corrected chi connectivity index (χ0v) is 19.1. The zero-order valence-electron chi connectivity index (χ0n) is 18.3. The third kappa shape index (κ3) is 6.21. The van der Waals surface area contributed by atoms with Crippen LogP contribution in [0, 0.1) is 11.3 Å². The second kappa shape index (κ2) is 11.3. The van der Waals surface area contributed by atoms with Crippen LogP contribution in [0.3, 0.4) is 0 Å². The summed E-state index contributed by atoms with van der Waals surface area (Å²) in [4.78, 5) is 17.4. The molecule has 2 heterocycles. The van der Waals surface area contributed by atoms with Crippen LogP contribution >= 0.6 is 12.4 Å². The summed E-state index contributed by atoms with van der Waals surface area (Å²) >= 11 is 0. The van der Waals surface area contributed by atoms with Gasteiger partial charge in [0.05, 0.1) is 26.1 Å². The normalized spacial score (nSPS) is 9.79. The number of anilines is 6. The molecule has 4 aromatic rings. The van der Waals surface area contributed by atoms with E-state index in [1.54, 1.807) is 26.4 Å². The number of aromatic nitrogens is 4. The van der Waals surface area contributed by atoms with Gasteiger partial charge in [0.1, 0.15) is 23.3 Å². The van der Waals surface area contributed by atoms with E-state index >= 15 is 0 Å². The van der Waals surface area contributed by atoms with Crippen molar-refractivity contribution in [3.63, 3.8) is 0 Å². The summed E-state index contributed by atoms with van der Waals surface area (Å²) in [7, 11) is 3.21. The van der Waals surface area contributed by atoms with Crippen molar-refractivity contribution in [2.75, 3.05) is 30.2 Å². The molecule has 11 heteroatoms. The predicted octanol–water partition coefficient (Wildman–Crippen LogP) is 4.81. The molecule has 34 heavy (non-hydrogen) atoms. The second-order valence-electron chi connectivity index (χ2n) is 6.69. The molecule has 0 aliphatic heterocycles. The molecule has 0 fully saturated rings. The third-order valence-electron chi connectivity index (χ3n) is 4.42. The van der Waals surface area contributed by atoms with Crippen molar-refractivity contribution >= 4 is 47.3 Å². The third-order valence-corrected chi connectivity index (χ3v) is 4.42. The Kier molecular flexibility index (Phi) is 7.99. The minimum atomic E-state index is 0. The number of benzene rings is 2. The maximum absolute atomic E-state index is 8.95. The molecule has 0 unspecified atom stereocenters. The molecule has 0 amide bonds. The highest BCUT2D eigenvalue weighted by molar-refractivity contribution is 5.85. The number of rotatable bonds is 8. The quantitative estimate of drug-likeness (QED) is 0.325. The van der Waals surface area contributed by atoms with E-state index in [2.05, 4.69) is 35.9 Å². The Morgan fingerprint density at radius 1 is 0.706 bits per heavy atom. The highest BCUT2D eigenvalue weighted by Gasteiger charge is 2.10. The molecule has 0 aliphatic rings. The maximum Gasteiger partial charge on any atom is 0.233 e. The van der Waals surface area contributed by atoms with Crippen molar-refractivity contribution in [1.82, 2.24) is 19.9 Å².